The van der Waals surface area contributed by atoms with Gasteiger partial charge in [-0.25, -0.2) is 13.6 Å². The molecule has 7 nitrogen and oxygen atoms in total. The number of nitrogens with zero attached hydrogens (tertiary/aromatic N) is 3. The summed E-state index contributed by atoms with van der Waals surface area (Å²) in [4.78, 5) is 9.42. The van der Waals surface area contributed by atoms with E-state index in [0.29, 0.717) is 30.6 Å². The third-order valence-corrected chi connectivity index (χ3v) is 7.31. The molecule has 1 atom stereocenters. The Balaban J connectivity index is 1.37. The number of aromatic nitrogens is 2. The summed E-state index contributed by atoms with van der Waals surface area (Å²) in [5.41, 5.74) is 9.68. The average Bonchev–Trinajstić information content (AvgIpc) is 2.81. The van der Waals surface area contributed by atoms with E-state index in [0.717, 1.165) is 46.5 Å². The summed E-state index contributed by atoms with van der Waals surface area (Å²) in [5.74, 6) is 0.864. The number of nitrogen functional groups attached to an aromatic ring is 1. The van der Waals surface area contributed by atoms with Crippen LogP contribution in [0.1, 0.15) is 24.0 Å². The van der Waals surface area contributed by atoms with Crippen molar-refractivity contribution in [3.63, 3.8) is 0 Å². The molecule has 3 aromatic rings. The number of nitrogens with two attached hydrogens (primary N) is 1. The second-order valence-corrected chi connectivity index (χ2v) is 9.68. The van der Waals surface area contributed by atoms with Crippen molar-refractivity contribution in [2.45, 2.75) is 37.1 Å². The van der Waals surface area contributed by atoms with Crippen LogP contribution < -0.4 is 11.1 Å². The van der Waals surface area contributed by atoms with Gasteiger partial charge in [-0.05, 0) is 55.5 Å². The number of benzene rings is 2. The van der Waals surface area contributed by atoms with Gasteiger partial charge in [0.15, 0.2) is 0 Å². The van der Waals surface area contributed by atoms with Crippen LogP contribution in [0.15, 0.2) is 57.8 Å². The molecule has 0 bridgehead atoms. The Morgan fingerprint density at radius 1 is 1.18 bits per heavy atom. The molecule has 0 saturated carbocycles. The summed E-state index contributed by atoms with van der Waals surface area (Å²) < 4.78 is 22.4. The molecule has 1 saturated heterocycles. The average molecular weight is 486 g/mol. The van der Waals surface area contributed by atoms with Gasteiger partial charge in [-0.15, -0.1) is 0 Å². The third-order valence-electron chi connectivity index (χ3n) is 5.62. The molecule has 0 amide bonds. The minimum absolute atomic E-state index is 0.132. The van der Waals surface area contributed by atoms with Crippen molar-refractivity contribution in [2.75, 3.05) is 30.8 Å². The van der Waals surface area contributed by atoms with Crippen LogP contribution in [0.5, 0.6) is 0 Å². The molecule has 1 fully saturated rings. The smallest absolute Gasteiger partial charge is 0.222 e. The Hall–Kier alpha value is -2.68. The standard InChI is InChI=1S/C24H28ClN5O2S/c1-16-20(3-2-4-21(16)25)22-15-23(29-24(26)28-22)27-12-9-17-5-7-19(8-6-17)33(31)30-18-10-13-32-14-11-18/h2-8,15,18,33H,9-14H2,1H3,(H3,26,27,28,29). The number of hydrogen-bond donors (Lipinski definition) is 3. The van der Waals surface area contributed by atoms with Gasteiger partial charge in [0.05, 0.1) is 22.3 Å². The number of nitrogens with one attached hydrogen (secondary N) is 1. The van der Waals surface area contributed by atoms with Gasteiger partial charge >= 0.3 is 0 Å². The molecule has 1 aliphatic rings. The van der Waals surface area contributed by atoms with Crippen LogP contribution in [0.3, 0.4) is 0 Å². The summed E-state index contributed by atoms with van der Waals surface area (Å²) in [6.07, 6.45) is 2.47. The van der Waals surface area contributed by atoms with E-state index in [1.165, 1.54) is 0 Å². The van der Waals surface area contributed by atoms with E-state index in [1.807, 2.05) is 55.5 Å². The molecule has 2 aromatic carbocycles. The SMILES string of the molecule is Cc1c(Cl)cccc1-c1cc(NCCc2ccc([SH](=O)=NC3CCOCC3)cc2)nc(N)n1. The van der Waals surface area contributed by atoms with E-state index in [4.69, 9.17) is 22.1 Å². The van der Waals surface area contributed by atoms with Crippen LogP contribution in [0.25, 0.3) is 11.3 Å². The van der Waals surface area contributed by atoms with Gasteiger partial charge < -0.3 is 15.8 Å². The van der Waals surface area contributed by atoms with Gasteiger partial charge in [0, 0.05) is 41.3 Å². The zero-order chi connectivity index (χ0) is 23.2. The van der Waals surface area contributed by atoms with E-state index in [-0.39, 0.29) is 12.0 Å². The summed E-state index contributed by atoms with van der Waals surface area (Å²) in [5, 5.41) is 4.00. The maximum absolute atomic E-state index is 12.5. The van der Waals surface area contributed by atoms with Gasteiger partial charge in [0.1, 0.15) is 5.82 Å². The first-order chi connectivity index (χ1) is 16.0. The molecule has 1 aliphatic heterocycles. The topological polar surface area (TPSA) is 102 Å². The van der Waals surface area contributed by atoms with Gasteiger partial charge in [-0.2, -0.15) is 4.98 Å². The zero-order valence-corrected chi connectivity index (χ0v) is 20.1. The van der Waals surface area contributed by atoms with E-state index in [2.05, 4.69) is 19.6 Å². The molecule has 1 unspecified atom stereocenters. The molecule has 0 radical (unpaired) electrons. The Morgan fingerprint density at radius 3 is 2.70 bits per heavy atom. The summed E-state index contributed by atoms with van der Waals surface area (Å²) in [6, 6.07) is 15.5. The fourth-order valence-electron chi connectivity index (χ4n) is 3.72. The third kappa shape index (κ3) is 6.22. The lowest BCUT2D eigenvalue weighted by Gasteiger charge is -2.17. The Bertz CT molecular complexity index is 1190. The predicted molar refractivity (Wildman–Crippen MR) is 134 cm³/mol. The molecular formula is C24H28ClN5O2S. The molecule has 3 N–H and O–H groups in total. The van der Waals surface area contributed by atoms with Gasteiger partial charge in [0.25, 0.3) is 0 Å². The number of ether oxygens (including phenoxy) is 1. The second-order valence-electron chi connectivity index (χ2n) is 7.98. The maximum Gasteiger partial charge on any atom is 0.222 e. The summed E-state index contributed by atoms with van der Waals surface area (Å²) in [6.45, 7) is 4.02. The molecule has 0 aliphatic carbocycles. The highest BCUT2D eigenvalue weighted by atomic mass is 35.5. The Labute approximate surface area is 201 Å². The number of thiol groups is 1. The van der Waals surface area contributed by atoms with Crippen LogP contribution in [0.2, 0.25) is 5.02 Å². The first-order valence-corrected chi connectivity index (χ1v) is 12.6. The van der Waals surface area contributed by atoms with Crippen LogP contribution >= 0.6 is 11.6 Å². The van der Waals surface area contributed by atoms with Gasteiger partial charge in [0.2, 0.25) is 5.95 Å². The fraction of sp³-hybridized carbons (Fsp3) is 0.333. The van der Waals surface area contributed by atoms with Crippen LogP contribution in [-0.2, 0) is 21.8 Å². The lowest BCUT2D eigenvalue weighted by molar-refractivity contribution is 0.0875. The van der Waals surface area contributed by atoms with Crippen LogP contribution in [-0.4, -0.2) is 40.0 Å². The maximum atomic E-state index is 12.5. The van der Waals surface area contributed by atoms with Crippen molar-refractivity contribution in [3.05, 3.63) is 64.7 Å². The number of anilines is 2. The van der Waals surface area contributed by atoms with Crippen molar-refractivity contribution in [3.8, 4) is 11.3 Å². The van der Waals surface area contributed by atoms with Crippen molar-refractivity contribution in [1.82, 2.24) is 9.97 Å². The highest BCUT2D eigenvalue weighted by molar-refractivity contribution is 7.75. The molecular weight excluding hydrogens is 458 g/mol. The molecule has 0 spiro atoms. The monoisotopic (exact) mass is 485 g/mol. The molecule has 174 valence electrons. The molecule has 4 rings (SSSR count). The number of rotatable bonds is 7. The fourth-order valence-corrected chi connectivity index (χ4v) is 4.96. The predicted octanol–water partition coefficient (Wildman–Crippen LogP) is 4.54. The van der Waals surface area contributed by atoms with Crippen LogP contribution in [0.4, 0.5) is 11.8 Å². The van der Waals surface area contributed by atoms with Gasteiger partial charge in [-0.3, -0.25) is 0 Å². The number of halogens is 1. The number of hydrogen-bond acceptors (Lipinski definition) is 7. The highest BCUT2D eigenvalue weighted by Gasteiger charge is 2.13. The van der Waals surface area contributed by atoms with E-state index in [1.54, 1.807) is 0 Å². The molecule has 2 heterocycles. The lowest BCUT2D eigenvalue weighted by atomic mass is 10.1. The summed E-state index contributed by atoms with van der Waals surface area (Å²) in [7, 11) is -1.73. The molecule has 1 aromatic heterocycles. The van der Waals surface area contributed by atoms with Crippen molar-refractivity contribution >= 4 is 34.0 Å². The highest BCUT2D eigenvalue weighted by Crippen LogP contribution is 2.28. The Kier molecular flexibility index (Phi) is 7.80. The first kappa shape index (κ1) is 23.5. The molecule has 33 heavy (non-hydrogen) atoms. The second kappa shape index (κ2) is 11.0. The minimum Gasteiger partial charge on any atom is -0.381 e. The van der Waals surface area contributed by atoms with E-state index < -0.39 is 10.6 Å². The van der Waals surface area contributed by atoms with Gasteiger partial charge in [-0.1, -0.05) is 35.9 Å². The van der Waals surface area contributed by atoms with Crippen molar-refractivity contribution < 1.29 is 8.95 Å². The first-order valence-electron chi connectivity index (χ1n) is 11.0. The normalized spacial score (nSPS) is 15.5. The lowest BCUT2D eigenvalue weighted by Crippen LogP contribution is -2.18. The minimum atomic E-state index is -1.73. The quantitative estimate of drug-likeness (QED) is 0.424. The van der Waals surface area contributed by atoms with Crippen molar-refractivity contribution in [2.24, 2.45) is 4.36 Å². The van der Waals surface area contributed by atoms with Crippen molar-refractivity contribution in [1.29, 1.82) is 0 Å². The van der Waals surface area contributed by atoms with E-state index in [9.17, 15) is 4.21 Å². The largest absolute Gasteiger partial charge is 0.381 e. The van der Waals surface area contributed by atoms with E-state index >= 15 is 0 Å². The Morgan fingerprint density at radius 2 is 1.94 bits per heavy atom. The molecule has 9 heteroatoms. The zero-order valence-electron chi connectivity index (χ0n) is 18.5. The van der Waals surface area contributed by atoms with Crippen LogP contribution in [0, 0.1) is 6.92 Å². The summed E-state index contributed by atoms with van der Waals surface area (Å²) >= 11 is 6.25.